The van der Waals surface area contributed by atoms with E-state index in [1.165, 1.54) is 17.3 Å². The van der Waals surface area contributed by atoms with Crippen LogP contribution in [0.1, 0.15) is 17.0 Å². The number of methoxy groups -OCH3 is 1. The summed E-state index contributed by atoms with van der Waals surface area (Å²) in [5, 5.41) is 12.1. The number of hydrogen-bond donors (Lipinski definition) is 1. The van der Waals surface area contributed by atoms with Gasteiger partial charge in [-0.15, -0.1) is 22.0 Å². The molecule has 6 nitrogen and oxygen atoms in total. The van der Waals surface area contributed by atoms with Crippen molar-refractivity contribution in [3.8, 4) is 5.75 Å². The molecular formula is C21H24N4O2S2. The summed E-state index contributed by atoms with van der Waals surface area (Å²) < 4.78 is 7.25. The van der Waals surface area contributed by atoms with Crippen molar-refractivity contribution in [1.82, 2.24) is 14.8 Å². The van der Waals surface area contributed by atoms with E-state index in [1.807, 2.05) is 54.9 Å². The summed E-state index contributed by atoms with van der Waals surface area (Å²) in [6, 6.07) is 16.0. The Labute approximate surface area is 179 Å². The summed E-state index contributed by atoms with van der Waals surface area (Å²) in [7, 11) is 3.52. The second kappa shape index (κ2) is 10.4. The van der Waals surface area contributed by atoms with Crippen LogP contribution in [-0.4, -0.2) is 33.5 Å². The number of benzene rings is 2. The molecule has 2 aromatic carbocycles. The summed E-state index contributed by atoms with van der Waals surface area (Å²) in [4.78, 5) is 12.4. The molecule has 1 N–H and O–H groups in total. The number of rotatable bonds is 9. The van der Waals surface area contributed by atoms with E-state index in [1.54, 1.807) is 18.9 Å². The van der Waals surface area contributed by atoms with E-state index >= 15 is 0 Å². The highest BCUT2D eigenvalue weighted by atomic mass is 32.2. The number of amides is 1. The monoisotopic (exact) mass is 428 g/mol. The Bertz CT molecular complexity index is 961. The molecular weight excluding hydrogens is 404 g/mol. The molecule has 0 aliphatic heterocycles. The van der Waals surface area contributed by atoms with Gasteiger partial charge in [-0.3, -0.25) is 4.79 Å². The SMILES string of the molecule is COc1ccc(C)cc1NC(=O)CSc1nnc(CSCc2ccccc2)n1C. The number of anilines is 1. The molecule has 1 amide bonds. The first kappa shape index (κ1) is 21.3. The Balaban J connectivity index is 1.51. The number of aromatic nitrogens is 3. The van der Waals surface area contributed by atoms with E-state index in [4.69, 9.17) is 4.74 Å². The number of nitrogens with zero attached hydrogens (tertiary/aromatic N) is 3. The molecule has 1 heterocycles. The Kier molecular flexibility index (Phi) is 7.60. The maximum atomic E-state index is 12.4. The van der Waals surface area contributed by atoms with Crippen LogP contribution in [0.25, 0.3) is 0 Å². The standard InChI is InChI=1S/C21H24N4O2S2/c1-15-9-10-18(27-3)17(11-15)22-20(26)14-29-21-24-23-19(25(21)2)13-28-12-16-7-5-4-6-8-16/h4-11H,12-14H2,1-3H3,(H,22,26). The first-order chi connectivity index (χ1) is 14.1. The molecule has 1 aromatic heterocycles. The third kappa shape index (κ3) is 6.01. The summed E-state index contributed by atoms with van der Waals surface area (Å²) in [6.07, 6.45) is 0. The zero-order valence-corrected chi connectivity index (χ0v) is 18.3. The van der Waals surface area contributed by atoms with E-state index in [-0.39, 0.29) is 11.7 Å². The highest BCUT2D eigenvalue weighted by Crippen LogP contribution is 2.26. The maximum absolute atomic E-state index is 12.4. The van der Waals surface area contributed by atoms with Crippen LogP contribution in [0.5, 0.6) is 5.75 Å². The molecule has 0 saturated carbocycles. The summed E-state index contributed by atoms with van der Waals surface area (Å²) in [5.74, 6) is 3.38. The normalized spacial score (nSPS) is 10.7. The van der Waals surface area contributed by atoms with Crippen molar-refractivity contribution in [2.75, 3.05) is 18.2 Å². The number of nitrogens with one attached hydrogen (secondary N) is 1. The molecule has 8 heteroatoms. The fraction of sp³-hybridized carbons (Fsp3) is 0.286. The molecule has 0 aliphatic rings. The van der Waals surface area contributed by atoms with Crippen LogP contribution < -0.4 is 10.1 Å². The van der Waals surface area contributed by atoms with Crippen LogP contribution >= 0.6 is 23.5 Å². The van der Waals surface area contributed by atoms with Gasteiger partial charge >= 0.3 is 0 Å². The van der Waals surface area contributed by atoms with E-state index in [9.17, 15) is 4.79 Å². The highest BCUT2D eigenvalue weighted by molar-refractivity contribution is 7.99. The average Bonchev–Trinajstić information content (AvgIpc) is 3.07. The number of carbonyl (C=O) groups is 1. The second-order valence-corrected chi connectivity index (χ2v) is 8.40. The van der Waals surface area contributed by atoms with Gasteiger partial charge in [0.05, 0.1) is 24.3 Å². The van der Waals surface area contributed by atoms with Crippen LogP contribution in [0.2, 0.25) is 0 Å². The summed E-state index contributed by atoms with van der Waals surface area (Å²) >= 11 is 3.16. The Morgan fingerprint density at radius 3 is 2.69 bits per heavy atom. The Hall–Kier alpha value is -2.45. The molecule has 0 atom stereocenters. The molecule has 152 valence electrons. The molecule has 3 rings (SSSR count). The predicted octanol–water partition coefficient (Wildman–Crippen LogP) is 4.30. The van der Waals surface area contributed by atoms with Gasteiger partial charge in [0.25, 0.3) is 0 Å². The number of thioether (sulfide) groups is 2. The minimum absolute atomic E-state index is 0.109. The van der Waals surface area contributed by atoms with Crippen LogP contribution in [0.3, 0.4) is 0 Å². The van der Waals surface area contributed by atoms with Gasteiger partial charge in [-0.1, -0.05) is 48.2 Å². The number of carbonyl (C=O) groups excluding carboxylic acids is 1. The molecule has 0 bridgehead atoms. The lowest BCUT2D eigenvalue weighted by molar-refractivity contribution is -0.113. The van der Waals surface area contributed by atoms with Gasteiger partial charge in [-0.2, -0.15) is 0 Å². The minimum atomic E-state index is -0.109. The molecule has 0 aliphatic carbocycles. The average molecular weight is 429 g/mol. The zero-order chi connectivity index (χ0) is 20.6. The van der Waals surface area contributed by atoms with E-state index in [2.05, 4.69) is 27.6 Å². The van der Waals surface area contributed by atoms with E-state index in [0.717, 1.165) is 28.0 Å². The van der Waals surface area contributed by atoms with Crippen molar-refractivity contribution in [2.45, 2.75) is 23.6 Å². The number of aryl methyl sites for hydroxylation is 1. The van der Waals surface area contributed by atoms with Crippen LogP contribution in [0.4, 0.5) is 5.69 Å². The molecule has 0 fully saturated rings. The lowest BCUT2D eigenvalue weighted by atomic mass is 10.2. The van der Waals surface area contributed by atoms with Crippen molar-refractivity contribution >= 4 is 35.1 Å². The summed E-state index contributed by atoms with van der Waals surface area (Å²) in [6.45, 7) is 1.97. The topological polar surface area (TPSA) is 69.0 Å². The lowest BCUT2D eigenvalue weighted by Gasteiger charge is -2.10. The van der Waals surface area contributed by atoms with Crippen LogP contribution in [-0.2, 0) is 23.3 Å². The molecule has 0 unspecified atom stereocenters. The molecule has 0 radical (unpaired) electrons. The first-order valence-electron chi connectivity index (χ1n) is 9.14. The van der Waals surface area contributed by atoms with Crippen molar-refractivity contribution < 1.29 is 9.53 Å². The summed E-state index contributed by atoms with van der Waals surface area (Å²) in [5.41, 5.74) is 3.02. The van der Waals surface area contributed by atoms with Crippen molar-refractivity contribution in [3.05, 3.63) is 65.5 Å². The largest absolute Gasteiger partial charge is 0.495 e. The van der Waals surface area contributed by atoms with Gasteiger partial charge in [-0.25, -0.2) is 0 Å². The molecule has 29 heavy (non-hydrogen) atoms. The van der Waals surface area contributed by atoms with E-state index < -0.39 is 0 Å². The quantitative estimate of drug-likeness (QED) is 0.513. The fourth-order valence-corrected chi connectivity index (χ4v) is 4.36. The van der Waals surface area contributed by atoms with Crippen LogP contribution in [0, 0.1) is 6.92 Å². The third-order valence-corrected chi connectivity index (χ3v) is 6.25. The van der Waals surface area contributed by atoms with E-state index in [0.29, 0.717) is 11.4 Å². The molecule has 3 aromatic rings. The van der Waals surface area contributed by atoms with Gasteiger partial charge in [0.2, 0.25) is 5.91 Å². The lowest BCUT2D eigenvalue weighted by Crippen LogP contribution is -2.15. The number of ether oxygens (including phenoxy) is 1. The Morgan fingerprint density at radius 1 is 1.14 bits per heavy atom. The van der Waals surface area contributed by atoms with Gasteiger partial charge in [-0.05, 0) is 30.2 Å². The van der Waals surface area contributed by atoms with Gasteiger partial charge in [0, 0.05) is 12.8 Å². The molecule has 0 saturated heterocycles. The third-order valence-electron chi connectivity index (χ3n) is 4.23. The minimum Gasteiger partial charge on any atom is -0.495 e. The van der Waals surface area contributed by atoms with Crippen molar-refractivity contribution in [2.24, 2.45) is 7.05 Å². The van der Waals surface area contributed by atoms with Crippen molar-refractivity contribution in [1.29, 1.82) is 0 Å². The second-order valence-electron chi connectivity index (χ2n) is 6.48. The van der Waals surface area contributed by atoms with Gasteiger partial charge in [0.1, 0.15) is 11.6 Å². The Morgan fingerprint density at radius 2 is 1.93 bits per heavy atom. The van der Waals surface area contributed by atoms with Crippen molar-refractivity contribution in [3.63, 3.8) is 0 Å². The van der Waals surface area contributed by atoms with Crippen LogP contribution in [0.15, 0.2) is 53.7 Å². The smallest absolute Gasteiger partial charge is 0.234 e. The fourth-order valence-electron chi connectivity index (χ4n) is 2.67. The van der Waals surface area contributed by atoms with Gasteiger partial charge < -0.3 is 14.6 Å². The first-order valence-corrected chi connectivity index (χ1v) is 11.3. The molecule has 0 spiro atoms. The number of hydrogen-bond acceptors (Lipinski definition) is 6. The highest BCUT2D eigenvalue weighted by Gasteiger charge is 2.13. The predicted molar refractivity (Wildman–Crippen MR) is 120 cm³/mol. The maximum Gasteiger partial charge on any atom is 0.234 e. The van der Waals surface area contributed by atoms with Gasteiger partial charge in [0.15, 0.2) is 5.16 Å². The zero-order valence-electron chi connectivity index (χ0n) is 16.7.